The summed E-state index contributed by atoms with van der Waals surface area (Å²) in [4.78, 5) is 14.6. The fourth-order valence-electron chi connectivity index (χ4n) is 3.37. The van der Waals surface area contributed by atoms with E-state index in [0.717, 1.165) is 42.1 Å². The van der Waals surface area contributed by atoms with Gasteiger partial charge in [-0.05, 0) is 49.7 Å². The van der Waals surface area contributed by atoms with E-state index < -0.39 is 0 Å². The molecule has 25 heavy (non-hydrogen) atoms. The van der Waals surface area contributed by atoms with E-state index >= 15 is 0 Å². The van der Waals surface area contributed by atoms with Gasteiger partial charge in [-0.15, -0.1) is 0 Å². The number of amides is 1. The fourth-order valence-corrected chi connectivity index (χ4v) is 3.37. The first-order chi connectivity index (χ1) is 12.2. The van der Waals surface area contributed by atoms with Crippen molar-refractivity contribution in [2.45, 2.75) is 18.9 Å². The number of carbonyl (C=O) groups excluding carboxylic acids is 1. The maximum Gasteiger partial charge on any atom is 0.238 e. The van der Waals surface area contributed by atoms with Crippen LogP contribution in [-0.2, 0) is 4.79 Å². The lowest BCUT2D eigenvalue weighted by Gasteiger charge is -2.26. The van der Waals surface area contributed by atoms with Gasteiger partial charge in [-0.2, -0.15) is 0 Å². The Hall–Kier alpha value is -2.53. The van der Waals surface area contributed by atoms with Crippen LogP contribution in [0.25, 0.3) is 0 Å². The van der Waals surface area contributed by atoms with E-state index in [4.69, 9.17) is 9.47 Å². The third kappa shape index (κ3) is 4.12. The van der Waals surface area contributed by atoms with E-state index in [1.165, 1.54) is 0 Å². The fraction of sp³-hybridized carbons (Fsp3) is 0.350. The highest BCUT2D eigenvalue weighted by Gasteiger charge is 2.30. The Morgan fingerprint density at radius 1 is 1.16 bits per heavy atom. The molecule has 3 rings (SSSR count). The predicted molar refractivity (Wildman–Crippen MR) is 98.2 cm³/mol. The molecule has 5 heteroatoms. The highest BCUT2D eigenvalue weighted by molar-refractivity contribution is 5.92. The smallest absolute Gasteiger partial charge is 0.238 e. The average molecular weight is 340 g/mol. The molecule has 1 fully saturated rings. The molecule has 0 spiro atoms. The number of hydrogen-bond donors (Lipinski definition) is 1. The molecular formula is C20H24N2O3. The number of nitrogens with zero attached hydrogens (tertiary/aromatic N) is 1. The second-order valence-electron chi connectivity index (χ2n) is 6.15. The van der Waals surface area contributed by atoms with Crippen molar-refractivity contribution >= 4 is 11.6 Å². The molecule has 0 unspecified atom stereocenters. The Morgan fingerprint density at radius 3 is 2.68 bits per heavy atom. The molecule has 1 aliphatic rings. The molecular weight excluding hydrogens is 316 g/mol. The van der Waals surface area contributed by atoms with Gasteiger partial charge in [0.1, 0.15) is 11.5 Å². The molecule has 0 radical (unpaired) electrons. The number of nitrogens with one attached hydrogen (secondary N) is 1. The predicted octanol–water partition coefficient (Wildman–Crippen LogP) is 3.48. The molecule has 1 N–H and O–H groups in total. The van der Waals surface area contributed by atoms with Gasteiger partial charge in [0.05, 0.1) is 20.8 Å². The van der Waals surface area contributed by atoms with E-state index in [1.54, 1.807) is 14.2 Å². The number of hydrogen-bond acceptors (Lipinski definition) is 4. The summed E-state index contributed by atoms with van der Waals surface area (Å²) in [5.74, 6) is 1.64. The van der Waals surface area contributed by atoms with E-state index in [-0.39, 0.29) is 11.9 Å². The van der Waals surface area contributed by atoms with E-state index in [9.17, 15) is 4.79 Å². The van der Waals surface area contributed by atoms with Crippen molar-refractivity contribution in [3.05, 3.63) is 54.1 Å². The van der Waals surface area contributed by atoms with Gasteiger partial charge in [-0.3, -0.25) is 9.69 Å². The third-order valence-corrected chi connectivity index (χ3v) is 4.56. The third-order valence-electron chi connectivity index (χ3n) is 4.56. The SMILES string of the molecule is COc1ccc(OC)c([C@H]2CCCN2CC(=O)Nc2ccccc2)c1. The number of rotatable bonds is 6. The Labute approximate surface area is 148 Å². The lowest BCUT2D eigenvalue weighted by atomic mass is 10.0. The van der Waals surface area contributed by atoms with Crippen LogP contribution in [0.3, 0.4) is 0 Å². The van der Waals surface area contributed by atoms with Gasteiger partial charge in [0.15, 0.2) is 0 Å². The van der Waals surface area contributed by atoms with Crippen molar-refractivity contribution in [3.63, 3.8) is 0 Å². The normalized spacial score (nSPS) is 17.3. The Kier molecular flexibility index (Phi) is 5.56. The zero-order valence-electron chi connectivity index (χ0n) is 14.7. The maximum absolute atomic E-state index is 12.4. The van der Waals surface area contributed by atoms with Crippen molar-refractivity contribution in [1.29, 1.82) is 0 Å². The van der Waals surface area contributed by atoms with Crippen LogP contribution in [-0.4, -0.2) is 38.1 Å². The average Bonchev–Trinajstić information content (AvgIpc) is 3.09. The van der Waals surface area contributed by atoms with Crippen LogP contribution in [0.1, 0.15) is 24.4 Å². The van der Waals surface area contributed by atoms with Crippen LogP contribution >= 0.6 is 0 Å². The van der Waals surface area contributed by atoms with Crippen molar-refractivity contribution in [3.8, 4) is 11.5 Å². The van der Waals surface area contributed by atoms with Gasteiger partial charge in [0.25, 0.3) is 0 Å². The van der Waals surface area contributed by atoms with Gasteiger partial charge in [0.2, 0.25) is 5.91 Å². The zero-order valence-corrected chi connectivity index (χ0v) is 14.7. The number of likely N-dealkylation sites (tertiary alicyclic amines) is 1. The first-order valence-electron chi connectivity index (χ1n) is 8.52. The molecule has 1 aliphatic heterocycles. The summed E-state index contributed by atoms with van der Waals surface area (Å²) >= 11 is 0. The number of anilines is 1. The van der Waals surface area contributed by atoms with Gasteiger partial charge in [-0.1, -0.05) is 18.2 Å². The Balaban J connectivity index is 1.73. The molecule has 0 bridgehead atoms. The van der Waals surface area contributed by atoms with Crippen LogP contribution in [0.5, 0.6) is 11.5 Å². The summed E-state index contributed by atoms with van der Waals surface area (Å²) in [6.07, 6.45) is 2.06. The van der Waals surface area contributed by atoms with Crippen LogP contribution in [0, 0.1) is 0 Å². The number of benzene rings is 2. The standard InChI is InChI=1S/C20H24N2O3/c1-24-16-10-11-19(25-2)17(13-16)18-9-6-12-22(18)14-20(23)21-15-7-4-3-5-8-15/h3-5,7-8,10-11,13,18H,6,9,12,14H2,1-2H3,(H,21,23)/t18-/m1/s1. The molecule has 0 saturated carbocycles. The van der Waals surface area contributed by atoms with Gasteiger partial charge in [-0.25, -0.2) is 0 Å². The van der Waals surface area contributed by atoms with Crippen molar-refractivity contribution in [2.24, 2.45) is 0 Å². The van der Waals surface area contributed by atoms with Crippen LogP contribution in [0.15, 0.2) is 48.5 Å². The van der Waals surface area contributed by atoms with Gasteiger partial charge in [0, 0.05) is 17.3 Å². The van der Waals surface area contributed by atoms with E-state index in [2.05, 4.69) is 10.2 Å². The number of ether oxygens (including phenoxy) is 2. The molecule has 1 saturated heterocycles. The summed E-state index contributed by atoms with van der Waals surface area (Å²) < 4.78 is 10.9. The minimum Gasteiger partial charge on any atom is -0.497 e. The quantitative estimate of drug-likeness (QED) is 0.875. The monoisotopic (exact) mass is 340 g/mol. The second-order valence-corrected chi connectivity index (χ2v) is 6.15. The van der Waals surface area contributed by atoms with E-state index in [0.29, 0.717) is 6.54 Å². The molecule has 0 aromatic heterocycles. The van der Waals surface area contributed by atoms with Crippen molar-refractivity contribution in [2.75, 3.05) is 32.6 Å². The Morgan fingerprint density at radius 2 is 1.96 bits per heavy atom. The number of methoxy groups -OCH3 is 2. The molecule has 2 aromatic carbocycles. The van der Waals surface area contributed by atoms with Crippen LogP contribution in [0.2, 0.25) is 0 Å². The van der Waals surface area contributed by atoms with Crippen molar-refractivity contribution < 1.29 is 14.3 Å². The molecule has 0 aliphatic carbocycles. The first kappa shape index (κ1) is 17.3. The van der Waals surface area contributed by atoms with Gasteiger partial charge >= 0.3 is 0 Å². The molecule has 1 amide bonds. The largest absolute Gasteiger partial charge is 0.497 e. The molecule has 1 atom stereocenters. The highest BCUT2D eigenvalue weighted by atomic mass is 16.5. The van der Waals surface area contributed by atoms with Crippen LogP contribution < -0.4 is 14.8 Å². The number of para-hydroxylation sites is 1. The summed E-state index contributed by atoms with van der Waals surface area (Å²) in [5, 5.41) is 2.96. The minimum atomic E-state index is -0.0000343. The molecule has 132 valence electrons. The van der Waals surface area contributed by atoms with Crippen molar-refractivity contribution in [1.82, 2.24) is 4.90 Å². The highest BCUT2D eigenvalue weighted by Crippen LogP contribution is 2.38. The first-order valence-corrected chi connectivity index (χ1v) is 8.52. The second kappa shape index (κ2) is 8.03. The molecule has 2 aromatic rings. The molecule has 1 heterocycles. The van der Waals surface area contributed by atoms with E-state index in [1.807, 2.05) is 48.5 Å². The summed E-state index contributed by atoms with van der Waals surface area (Å²) in [7, 11) is 3.33. The summed E-state index contributed by atoms with van der Waals surface area (Å²) in [6.45, 7) is 1.26. The summed E-state index contributed by atoms with van der Waals surface area (Å²) in [5.41, 5.74) is 1.90. The lowest BCUT2D eigenvalue weighted by Crippen LogP contribution is -2.33. The van der Waals surface area contributed by atoms with Gasteiger partial charge < -0.3 is 14.8 Å². The zero-order chi connectivity index (χ0) is 17.6. The minimum absolute atomic E-state index is 0.0000343. The summed E-state index contributed by atoms with van der Waals surface area (Å²) in [6, 6.07) is 15.5. The van der Waals surface area contributed by atoms with Crippen LogP contribution in [0.4, 0.5) is 5.69 Å². The molecule has 5 nitrogen and oxygen atoms in total. The maximum atomic E-state index is 12.4. The lowest BCUT2D eigenvalue weighted by molar-refractivity contribution is -0.117. The topological polar surface area (TPSA) is 50.8 Å². The Bertz CT molecular complexity index is 718. The number of carbonyl (C=O) groups is 1.